The van der Waals surface area contributed by atoms with Gasteiger partial charge in [0.25, 0.3) is 5.91 Å². The molecule has 0 saturated carbocycles. The van der Waals surface area contributed by atoms with Gasteiger partial charge in [-0.3, -0.25) is 9.59 Å². The molecule has 0 spiro atoms. The molecule has 3 rings (SSSR count). The highest BCUT2D eigenvalue weighted by atomic mass is 16.5. The van der Waals surface area contributed by atoms with Crippen molar-refractivity contribution in [2.75, 3.05) is 25.0 Å². The summed E-state index contributed by atoms with van der Waals surface area (Å²) in [6.45, 7) is 1.57. The van der Waals surface area contributed by atoms with Crippen LogP contribution in [0.5, 0.6) is 11.5 Å². The molecule has 0 aromatic heterocycles. The molecular weight excluding hydrogens is 390 g/mol. The second-order valence-electron chi connectivity index (χ2n) is 7.24. The van der Waals surface area contributed by atoms with Gasteiger partial charge in [-0.05, 0) is 73.5 Å². The molecule has 31 heavy (non-hydrogen) atoms. The van der Waals surface area contributed by atoms with E-state index in [-0.39, 0.29) is 5.91 Å². The van der Waals surface area contributed by atoms with Crippen molar-refractivity contribution in [2.24, 2.45) is 5.73 Å². The van der Waals surface area contributed by atoms with Crippen LogP contribution < -0.4 is 20.7 Å². The molecule has 6 nitrogen and oxygen atoms in total. The molecule has 0 atom stereocenters. The first-order valence-corrected chi connectivity index (χ1v) is 10.2. The average Bonchev–Trinajstić information content (AvgIpc) is 2.80. The number of nitrogens with one attached hydrogen (secondary N) is 1. The Hall–Kier alpha value is -3.80. The first-order chi connectivity index (χ1) is 15.0. The topological polar surface area (TPSA) is 84.7 Å². The van der Waals surface area contributed by atoms with Crippen molar-refractivity contribution < 1.29 is 14.3 Å². The highest BCUT2D eigenvalue weighted by Crippen LogP contribution is 2.22. The van der Waals surface area contributed by atoms with Crippen molar-refractivity contribution in [3.05, 3.63) is 90.0 Å². The lowest BCUT2D eigenvalue weighted by atomic mass is 10.2. The van der Waals surface area contributed by atoms with E-state index in [1.165, 1.54) is 5.69 Å². The normalized spacial score (nSPS) is 10.4. The maximum Gasteiger partial charge on any atom is 0.251 e. The zero-order valence-corrected chi connectivity index (χ0v) is 17.6. The molecule has 3 aromatic rings. The van der Waals surface area contributed by atoms with E-state index in [2.05, 4.69) is 29.4 Å². The van der Waals surface area contributed by atoms with Gasteiger partial charge >= 0.3 is 0 Å². The summed E-state index contributed by atoms with van der Waals surface area (Å²) < 4.78 is 5.73. The van der Waals surface area contributed by atoms with E-state index in [1.807, 2.05) is 18.2 Å². The second-order valence-corrected chi connectivity index (χ2v) is 7.24. The Labute approximate surface area is 182 Å². The molecule has 0 saturated heterocycles. The van der Waals surface area contributed by atoms with Crippen molar-refractivity contribution >= 4 is 17.5 Å². The lowest BCUT2D eigenvalue weighted by molar-refractivity contribution is 0.0951. The number of carbonyl (C=O) groups excluding carboxylic acids is 2. The maximum atomic E-state index is 12.3. The lowest BCUT2D eigenvalue weighted by Crippen LogP contribution is -2.25. The molecule has 6 heteroatoms. The van der Waals surface area contributed by atoms with E-state index in [0.29, 0.717) is 29.2 Å². The highest BCUT2D eigenvalue weighted by molar-refractivity contribution is 5.94. The zero-order valence-electron chi connectivity index (χ0n) is 17.6. The molecule has 0 unspecified atom stereocenters. The number of benzene rings is 3. The SMILES string of the molecule is CN(CCCCNC(=O)c1ccc(Oc2ccc(C(N)=O)cc2)cc1)c1ccccc1. The van der Waals surface area contributed by atoms with Crippen LogP contribution in [0.25, 0.3) is 0 Å². The minimum absolute atomic E-state index is 0.103. The quantitative estimate of drug-likeness (QED) is 0.484. The number of hydrogen-bond acceptors (Lipinski definition) is 4. The molecule has 0 heterocycles. The predicted octanol–water partition coefficient (Wildman–Crippen LogP) is 4.22. The molecule has 0 radical (unpaired) electrons. The number of carbonyl (C=O) groups is 2. The summed E-state index contributed by atoms with van der Waals surface area (Å²) in [6.07, 6.45) is 1.90. The summed E-state index contributed by atoms with van der Waals surface area (Å²) in [7, 11) is 2.07. The molecule has 0 aliphatic carbocycles. The Balaban J connectivity index is 1.40. The average molecular weight is 418 g/mol. The Morgan fingerprint density at radius 3 is 2.00 bits per heavy atom. The van der Waals surface area contributed by atoms with Crippen molar-refractivity contribution in [3.8, 4) is 11.5 Å². The second kappa shape index (κ2) is 10.8. The maximum absolute atomic E-state index is 12.3. The fraction of sp³-hybridized carbons (Fsp3) is 0.200. The summed E-state index contributed by atoms with van der Waals surface area (Å²) in [5.41, 5.74) is 7.43. The van der Waals surface area contributed by atoms with E-state index in [4.69, 9.17) is 10.5 Å². The van der Waals surface area contributed by atoms with Crippen LogP contribution in [0.3, 0.4) is 0 Å². The first-order valence-electron chi connectivity index (χ1n) is 10.2. The molecule has 0 bridgehead atoms. The van der Waals surface area contributed by atoms with Gasteiger partial charge in [0.2, 0.25) is 5.91 Å². The highest BCUT2D eigenvalue weighted by Gasteiger charge is 2.07. The van der Waals surface area contributed by atoms with Gasteiger partial charge < -0.3 is 20.7 Å². The number of primary amides is 1. The van der Waals surface area contributed by atoms with Crippen LogP contribution in [0, 0.1) is 0 Å². The fourth-order valence-electron chi connectivity index (χ4n) is 3.09. The van der Waals surface area contributed by atoms with Crippen LogP contribution in [0.1, 0.15) is 33.6 Å². The molecular formula is C25H27N3O3. The number of unbranched alkanes of at least 4 members (excludes halogenated alkanes) is 1. The molecule has 160 valence electrons. The summed E-state index contributed by atoms with van der Waals surface area (Å²) in [5, 5.41) is 2.96. The lowest BCUT2D eigenvalue weighted by Gasteiger charge is -2.19. The third-order valence-electron chi connectivity index (χ3n) is 4.89. The van der Waals surface area contributed by atoms with Crippen LogP contribution >= 0.6 is 0 Å². The van der Waals surface area contributed by atoms with Gasteiger partial charge in [-0.15, -0.1) is 0 Å². The van der Waals surface area contributed by atoms with Crippen molar-refractivity contribution in [2.45, 2.75) is 12.8 Å². The Kier molecular flexibility index (Phi) is 7.65. The molecule has 0 aliphatic rings. The number of anilines is 1. The smallest absolute Gasteiger partial charge is 0.251 e. The summed E-state index contributed by atoms with van der Waals surface area (Å²) >= 11 is 0. The van der Waals surface area contributed by atoms with Crippen molar-refractivity contribution in [1.82, 2.24) is 5.32 Å². The van der Waals surface area contributed by atoms with Gasteiger partial charge in [0.05, 0.1) is 0 Å². The summed E-state index contributed by atoms with van der Waals surface area (Å²) in [6, 6.07) is 23.8. The zero-order chi connectivity index (χ0) is 22.1. The van der Waals surface area contributed by atoms with Gasteiger partial charge in [-0.2, -0.15) is 0 Å². The van der Waals surface area contributed by atoms with E-state index in [1.54, 1.807) is 48.5 Å². The molecule has 3 aromatic carbocycles. The standard InChI is InChI=1S/C25H27N3O3/c1-28(21-7-3-2-4-8-21)18-6-5-17-27-25(30)20-11-15-23(16-12-20)31-22-13-9-19(10-14-22)24(26)29/h2-4,7-16H,5-6,17-18H2,1H3,(H2,26,29)(H,27,30). The van der Waals surface area contributed by atoms with Crippen LogP contribution in [-0.2, 0) is 0 Å². The molecule has 0 aliphatic heterocycles. The van der Waals surface area contributed by atoms with Crippen LogP contribution in [0.15, 0.2) is 78.9 Å². The number of hydrogen-bond donors (Lipinski definition) is 2. The van der Waals surface area contributed by atoms with E-state index >= 15 is 0 Å². The van der Waals surface area contributed by atoms with E-state index in [9.17, 15) is 9.59 Å². The number of para-hydroxylation sites is 1. The third kappa shape index (κ3) is 6.60. The van der Waals surface area contributed by atoms with Crippen LogP contribution in [-0.4, -0.2) is 32.0 Å². The van der Waals surface area contributed by atoms with Gasteiger partial charge in [0.15, 0.2) is 0 Å². The predicted molar refractivity (Wildman–Crippen MR) is 123 cm³/mol. The summed E-state index contributed by atoms with van der Waals surface area (Å²) in [4.78, 5) is 25.7. The van der Waals surface area contributed by atoms with Gasteiger partial charge in [0.1, 0.15) is 11.5 Å². The Morgan fingerprint density at radius 1 is 0.839 bits per heavy atom. The summed E-state index contributed by atoms with van der Waals surface area (Å²) in [5.74, 6) is 0.605. The van der Waals surface area contributed by atoms with Crippen LogP contribution in [0.2, 0.25) is 0 Å². The van der Waals surface area contributed by atoms with Crippen molar-refractivity contribution in [1.29, 1.82) is 0 Å². The fourth-order valence-corrected chi connectivity index (χ4v) is 3.09. The first kappa shape index (κ1) is 21.9. The number of rotatable bonds is 10. The van der Waals surface area contributed by atoms with Gasteiger partial charge in [-0.25, -0.2) is 0 Å². The van der Waals surface area contributed by atoms with Crippen molar-refractivity contribution in [3.63, 3.8) is 0 Å². The molecule has 2 amide bonds. The van der Waals surface area contributed by atoms with E-state index in [0.717, 1.165) is 19.4 Å². The monoisotopic (exact) mass is 417 g/mol. The van der Waals surface area contributed by atoms with Crippen LogP contribution in [0.4, 0.5) is 5.69 Å². The molecule has 3 N–H and O–H groups in total. The number of amides is 2. The minimum Gasteiger partial charge on any atom is -0.457 e. The number of ether oxygens (including phenoxy) is 1. The van der Waals surface area contributed by atoms with E-state index < -0.39 is 5.91 Å². The Bertz CT molecular complexity index is 987. The largest absolute Gasteiger partial charge is 0.457 e. The van der Waals surface area contributed by atoms with Gasteiger partial charge in [0, 0.05) is 37.0 Å². The number of nitrogens with zero attached hydrogens (tertiary/aromatic N) is 1. The van der Waals surface area contributed by atoms with Gasteiger partial charge in [-0.1, -0.05) is 18.2 Å². The Morgan fingerprint density at radius 2 is 1.42 bits per heavy atom. The number of nitrogens with two attached hydrogens (primary N) is 1. The minimum atomic E-state index is -0.481. The molecule has 0 fully saturated rings. The third-order valence-corrected chi connectivity index (χ3v) is 4.89.